The van der Waals surface area contributed by atoms with E-state index in [1.165, 1.54) is 0 Å². The van der Waals surface area contributed by atoms with Crippen LogP contribution in [0.2, 0.25) is 0 Å². The molecule has 0 bridgehead atoms. The molecule has 2 aromatic rings. The predicted molar refractivity (Wildman–Crippen MR) is 97.0 cm³/mol. The third-order valence-corrected chi connectivity index (χ3v) is 4.52. The molecule has 0 aliphatic carbocycles. The van der Waals surface area contributed by atoms with Gasteiger partial charge in [0.25, 0.3) is 0 Å². The minimum Gasteiger partial charge on any atom is -0.507 e. The van der Waals surface area contributed by atoms with E-state index in [2.05, 4.69) is 48.5 Å². The molecule has 1 aromatic heterocycles. The first-order valence-corrected chi connectivity index (χ1v) is 8.63. The van der Waals surface area contributed by atoms with Crippen molar-refractivity contribution in [2.24, 2.45) is 0 Å². The van der Waals surface area contributed by atoms with Gasteiger partial charge in [-0.15, -0.1) is 10.2 Å². The second kappa shape index (κ2) is 6.46. The topological polar surface area (TPSA) is 70.1 Å². The van der Waals surface area contributed by atoms with Crippen LogP contribution in [0.15, 0.2) is 24.3 Å². The Morgan fingerprint density at radius 3 is 2.23 bits per heavy atom. The van der Waals surface area contributed by atoms with Crippen LogP contribution in [0.4, 0.5) is 14.6 Å². The molecule has 26 heavy (non-hydrogen) atoms. The largest absolute Gasteiger partial charge is 0.507 e. The van der Waals surface area contributed by atoms with Crippen molar-refractivity contribution in [3.63, 3.8) is 0 Å². The highest BCUT2D eigenvalue weighted by Gasteiger charge is 2.37. The Kier molecular flexibility index (Phi) is 4.60. The van der Waals surface area contributed by atoms with Gasteiger partial charge in [0, 0.05) is 28.7 Å². The summed E-state index contributed by atoms with van der Waals surface area (Å²) in [5.41, 5.74) is 0.388. The van der Waals surface area contributed by atoms with Gasteiger partial charge in [-0.05, 0) is 58.7 Å². The summed E-state index contributed by atoms with van der Waals surface area (Å²) in [4.78, 5) is 0. The van der Waals surface area contributed by atoms with E-state index in [9.17, 15) is 13.9 Å². The summed E-state index contributed by atoms with van der Waals surface area (Å²) in [6, 6.07) is 5.24. The normalized spacial score (nSPS) is 19.3. The van der Waals surface area contributed by atoms with E-state index < -0.39 is 11.6 Å². The van der Waals surface area contributed by atoms with E-state index in [-0.39, 0.29) is 34.1 Å². The zero-order valence-corrected chi connectivity index (χ0v) is 15.4. The second-order valence-electron chi connectivity index (χ2n) is 8.23. The maximum atomic E-state index is 13.4. The lowest BCUT2D eigenvalue weighted by Gasteiger charge is -2.46. The monoisotopic (exact) mass is 362 g/mol. The summed E-state index contributed by atoms with van der Waals surface area (Å²) in [5.74, 6) is -1.91. The number of aromatic hydroxyl groups is 1. The van der Waals surface area contributed by atoms with Crippen LogP contribution in [0.3, 0.4) is 0 Å². The van der Waals surface area contributed by atoms with Gasteiger partial charge >= 0.3 is 0 Å². The van der Waals surface area contributed by atoms with Crippen LogP contribution in [0.25, 0.3) is 11.3 Å². The van der Waals surface area contributed by atoms with Gasteiger partial charge in [0.2, 0.25) is 0 Å². The highest BCUT2D eigenvalue weighted by atomic mass is 19.2. The summed E-state index contributed by atoms with van der Waals surface area (Å²) >= 11 is 0. The third-order valence-electron chi connectivity index (χ3n) is 4.52. The first-order chi connectivity index (χ1) is 12.0. The quantitative estimate of drug-likeness (QED) is 0.774. The zero-order valence-electron chi connectivity index (χ0n) is 15.4. The minimum atomic E-state index is -1.10. The molecule has 3 rings (SSSR count). The molecule has 0 saturated carbocycles. The fourth-order valence-corrected chi connectivity index (χ4v) is 3.93. The Morgan fingerprint density at radius 2 is 1.65 bits per heavy atom. The van der Waals surface area contributed by atoms with Gasteiger partial charge in [-0.3, -0.25) is 0 Å². The van der Waals surface area contributed by atoms with Crippen LogP contribution in [0.5, 0.6) is 5.75 Å². The van der Waals surface area contributed by atoms with Crippen molar-refractivity contribution >= 4 is 5.82 Å². The average Bonchev–Trinajstić information content (AvgIpc) is 2.49. The van der Waals surface area contributed by atoms with Crippen LogP contribution in [-0.2, 0) is 0 Å². The molecule has 1 aromatic carbocycles. The lowest BCUT2D eigenvalue weighted by atomic mass is 9.79. The first-order valence-electron chi connectivity index (χ1n) is 8.63. The van der Waals surface area contributed by atoms with Crippen LogP contribution in [0.1, 0.15) is 40.5 Å². The predicted octanol–water partition coefficient (Wildman–Crippen LogP) is 3.85. The highest BCUT2D eigenvalue weighted by Crippen LogP contribution is 2.32. The number of hydrogen-bond acceptors (Lipinski definition) is 5. The third kappa shape index (κ3) is 4.09. The van der Waals surface area contributed by atoms with Gasteiger partial charge in [-0.25, -0.2) is 8.78 Å². The Bertz CT molecular complexity index is 790. The number of rotatable bonds is 3. The molecule has 1 saturated heterocycles. The number of phenolic OH excluding ortho intramolecular Hbond substituents is 1. The van der Waals surface area contributed by atoms with Crippen molar-refractivity contribution in [2.75, 3.05) is 5.32 Å². The number of anilines is 1. The van der Waals surface area contributed by atoms with Crippen LogP contribution in [0, 0.1) is 11.6 Å². The van der Waals surface area contributed by atoms with Gasteiger partial charge in [0.1, 0.15) is 11.6 Å². The Balaban J connectivity index is 1.77. The Morgan fingerprint density at radius 1 is 1.04 bits per heavy atom. The van der Waals surface area contributed by atoms with Crippen molar-refractivity contribution in [1.82, 2.24) is 15.5 Å². The number of phenols is 1. The molecule has 7 heteroatoms. The van der Waals surface area contributed by atoms with Crippen LogP contribution >= 0.6 is 0 Å². The lowest BCUT2D eigenvalue weighted by molar-refractivity contribution is 0.170. The molecule has 5 nitrogen and oxygen atoms in total. The van der Waals surface area contributed by atoms with Gasteiger partial charge in [0.05, 0.1) is 5.69 Å². The van der Waals surface area contributed by atoms with Gasteiger partial charge < -0.3 is 15.7 Å². The SMILES string of the molecule is CC1(C)CC(Nc2ccc(-c3cc(F)c(F)cc3O)nn2)CC(C)(C)N1. The van der Waals surface area contributed by atoms with E-state index in [0.717, 1.165) is 25.0 Å². The number of hydrogen-bond donors (Lipinski definition) is 3. The van der Waals surface area contributed by atoms with E-state index >= 15 is 0 Å². The van der Waals surface area contributed by atoms with Crippen molar-refractivity contribution in [3.8, 4) is 17.0 Å². The minimum absolute atomic E-state index is 0.00418. The molecule has 140 valence electrons. The molecule has 0 spiro atoms. The molecule has 0 atom stereocenters. The molecule has 0 amide bonds. The fraction of sp³-hybridized carbons (Fsp3) is 0.474. The first kappa shape index (κ1) is 18.5. The number of nitrogens with one attached hydrogen (secondary N) is 2. The number of piperidine rings is 1. The summed E-state index contributed by atoms with van der Waals surface area (Å²) in [5, 5.41) is 25.0. The van der Waals surface area contributed by atoms with Crippen molar-refractivity contribution in [2.45, 2.75) is 57.7 Å². The number of nitrogens with zero attached hydrogens (tertiary/aromatic N) is 2. The molecule has 0 unspecified atom stereocenters. The second-order valence-corrected chi connectivity index (χ2v) is 8.23. The Labute approximate surface area is 151 Å². The Hall–Kier alpha value is -2.28. The van der Waals surface area contributed by atoms with Gasteiger partial charge in [-0.2, -0.15) is 0 Å². The fourth-order valence-electron chi connectivity index (χ4n) is 3.93. The van der Waals surface area contributed by atoms with Crippen LogP contribution in [-0.4, -0.2) is 32.4 Å². The number of halogens is 2. The molecule has 0 radical (unpaired) electrons. The molecular formula is C19H24F2N4O. The zero-order chi connectivity index (χ0) is 19.1. The number of benzene rings is 1. The lowest BCUT2D eigenvalue weighted by Crippen LogP contribution is -2.60. The van der Waals surface area contributed by atoms with Crippen molar-refractivity contribution < 1.29 is 13.9 Å². The van der Waals surface area contributed by atoms with E-state index in [1.54, 1.807) is 12.1 Å². The van der Waals surface area contributed by atoms with Gasteiger partial charge in [-0.1, -0.05) is 0 Å². The average molecular weight is 362 g/mol. The molecule has 3 N–H and O–H groups in total. The standard InChI is InChI=1S/C19H24F2N4O/c1-18(2)9-11(10-19(3,4)25-18)22-17-6-5-15(23-24-17)12-7-13(20)14(21)8-16(12)26/h5-8,11,25-26H,9-10H2,1-4H3,(H,22,24). The maximum Gasteiger partial charge on any atom is 0.162 e. The van der Waals surface area contributed by atoms with Crippen molar-refractivity contribution in [1.29, 1.82) is 0 Å². The summed E-state index contributed by atoms with van der Waals surface area (Å²) < 4.78 is 26.6. The van der Waals surface area contributed by atoms with E-state index in [0.29, 0.717) is 5.82 Å². The summed E-state index contributed by atoms with van der Waals surface area (Å²) in [7, 11) is 0. The van der Waals surface area contributed by atoms with Gasteiger partial charge in [0.15, 0.2) is 11.6 Å². The molecular weight excluding hydrogens is 338 g/mol. The number of aromatic nitrogens is 2. The summed E-state index contributed by atoms with van der Waals surface area (Å²) in [6.45, 7) is 8.68. The van der Waals surface area contributed by atoms with Crippen molar-refractivity contribution in [3.05, 3.63) is 35.9 Å². The smallest absolute Gasteiger partial charge is 0.162 e. The summed E-state index contributed by atoms with van der Waals surface area (Å²) in [6.07, 6.45) is 1.87. The highest BCUT2D eigenvalue weighted by molar-refractivity contribution is 5.67. The molecule has 1 aliphatic heterocycles. The van der Waals surface area contributed by atoms with E-state index in [4.69, 9.17) is 0 Å². The molecule has 1 aliphatic rings. The maximum absolute atomic E-state index is 13.4. The molecule has 1 fully saturated rings. The van der Waals surface area contributed by atoms with Crippen LogP contribution < -0.4 is 10.6 Å². The van der Waals surface area contributed by atoms with E-state index in [1.807, 2.05) is 0 Å². The molecule has 2 heterocycles.